The summed E-state index contributed by atoms with van der Waals surface area (Å²) in [7, 11) is 0. The molecule has 27 heavy (non-hydrogen) atoms. The van der Waals surface area contributed by atoms with Crippen LogP contribution in [0.3, 0.4) is 0 Å². The van der Waals surface area contributed by atoms with Crippen LogP contribution in [0.1, 0.15) is 42.5 Å². The van der Waals surface area contributed by atoms with Crippen molar-refractivity contribution in [3.63, 3.8) is 0 Å². The number of hydrogen-bond donors (Lipinski definition) is 3. The maximum absolute atomic E-state index is 12.5. The van der Waals surface area contributed by atoms with Crippen LogP contribution in [-0.2, 0) is 4.79 Å². The number of hydrogen-bond acceptors (Lipinski definition) is 3. The molecule has 0 saturated heterocycles. The summed E-state index contributed by atoms with van der Waals surface area (Å²) in [6.07, 6.45) is 2.32. The van der Waals surface area contributed by atoms with Gasteiger partial charge >= 0.3 is 6.03 Å². The van der Waals surface area contributed by atoms with Crippen LogP contribution < -0.4 is 16.0 Å². The number of benzene rings is 2. The average Bonchev–Trinajstić information content (AvgIpc) is 3.47. The summed E-state index contributed by atoms with van der Waals surface area (Å²) in [5, 5.41) is 8.57. The summed E-state index contributed by atoms with van der Waals surface area (Å²) < 4.78 is 0. The Hall–Kier alpha value is -2.66. The molecule has 1 aliphatic rings. The second-order valence-electron chi connectivity index (χ2n) is 7.38. The zero-order valence-corrected chi connectivity index (χ0v) is 16.1. The molecule has 2 aromatic carbocycles. The van der Waals surface area contributed by atoms with E-state index < -0.39 is 12.1 Å². The van der Waals surface area contributed by atoms with Gasteiger partial charge in [0.25, 0.3) is 0 Å². The SMILES string of the molecule is Cc1ccc(NC(=O)NC(=O)C(C)NC(c2ccccc2)C2CC2)c(C)c1. The van der Waals surface area contributed by atoms with Crippen molar-refractivity contribution in [1.29, 1.82) is 0 Å². The van der Waals surface area contributed by atoms with Crippen LogP contribution in [0.2, 0.25) is 0 Å². The van der Waals surface area contributed by atoms with Gasteiger partial charge in [-0.2, -0.15) is 0 Å². The molecule has 5 nitrogen and oxygen atoms in total. The standard InChI is InChI=1S/C22H27N3O2/c1-14-9-12-19(15(2)13-14)24-22(27)25-21(26)16(3)23-20(18-10-11-18)17-7-5-4-6-8-17/h4-9,12-13,16,18,20,23H,10-11H2,1-3H3,(H2,24,25,26,27). The van der Waals surface area contributed by atoms with E-state index in [4.69, 9.17) is 0 Å². The Kier molecular flexibility index (Phi) is 5.91. The van der Waals surface area contributed by atoms with E-state index in [0.29, 0.717) is 11.6 Å². The van der Waals surface area contributed by atoms with Crippen molar-refractivity contribution >= 4 is 17.6 Å². The van der Waals surface area contributed by atoms with Crippen molar-refractivity contribution in [3.05, 3.63) is 65.2 Å². The van der Waals surface area contributed by atoms with Gasteiger partial charge in [0, 0.05) is 11.7 Å². The number of aryl methyl sites for hydroxylation is 2. The van der Waals surface area contributed by atoms with E-state index in [0.717, 1.165) is 24.0 Å². The Balaban J connectivity index is 1.57. The zero-order chi connectivity index (χ0) is 19.4. The largest absolute Gasteiger partial charge is 0.325 e. The zero-order valence-electron chi connectivity index (χ0n) is 16.1. The highest BCUT2D eigenvalue weighted by Gasteiger charge is 2.34. The minimum absolute atomic E-state index is 0.134. The molecular weight excluding hydrogens is 338 g/mol. The van der Waals surface area contributed by atoms with Crippen LogP contribution in [0.4, 0.5) is 10.5 Å². The third-order valence-corrected chi connectivity index (χ3v) is 4.94. The van der Waals surface area contributed by atoms with Gasteiger partial charge in [0.2, 0.25) is 5.91 Å². The molecule has 5 heteroatoms. The second kappa shape index (κ2) is 8.35. The molecule has 2 atom stereocenters. The molecule has 1 aliphatic carbocycles. The van der Waals surface area contributed by atoms with Crippen molar-refractivity contribution in [3.8, 4) is 0 Å². The summed E-state index contributed by atoms with van der Waals surface area (Å²) in [4.78, 5) is 24.7. The number of carbonyl (C=O) groups is 2. The lowest BCUT2D eigenvalue weighted by molar-refractivity contribution is -0.121. The molecule has 142 valence electrons. The average molecular weight is 365 g/mol. The van der Waals surface area contributed by atoms with Gasteiger partial charge in [-0.15, -0.1) is 0 Å². The lowest BCUT2D eigenvalue weighted by Crippen LogP contribution is -2.47. The normalized spacial score (nSPS) is 15.7. The molecule has 1 fully saturated rings. The van der Waals surface area contributed by atoms with E-state index in [1.165, 1.54) is 5.56 Å². The van der Waals surface area contributed by atoms with E-state index in [1.807, 2.05) is 50.2 Å². The topological polar surface area (TPSA) is 70.2 Å². The molecule has 1 saturated carbocycles. The fourth-order valence-corrected chi connectivity index (χ4v) is 3.27. The first kappa shape index (κ1) is 19.1. The molecule has 0 heterocycles. The number of anilines is 1. The van der Waals surface area contributed by atoms with Crippen LogP contribution in [-0.4, -0.2) is 18.0 Å². The number of rotatable bonds is 6. The number of nitrogens with one attached hydrogen (secondary N) is 3. The number of carbonyl (C=O) groups excluding carboxylic acids is 2. The molecular formula is C22H27N3O2. The Morgan fingerprint density at radius 1 is 1.04 bits per heavy atom. The minimum atomic E-state index is -0.511. The number of imide groups is 1. The minimum Gasteiger partial charge on any atom is -0.307 e. The molecule has 0 aliphatic heterocycles. The van der Waals surface area contributed by atoms with E-state index in [-0.39, 0.29) is 11.9 Å². The molecule has 0 radical (unpaired) electrons. The molecule has 0 aromatic heterocycles. The van der Waals surface area contributed by atoms with E-state index in [9.17, 15) is 9.59 Å². The third kappa shape index (κ3) is 5.17. The van der Waals surface area contributed by atoms with Crippen LogP contribution in [0, 0.1) is 19.8 Å². The Morgan fingerprint density at radius 2 is 1.74 bits per heavy atom. The predicted octanol–water partition coefficient (Wildman–Crippen LogP) is 4.08. The van der Waals surface area contributed by atoms with Gasteiger partial charge < -0.3 is 5.32 Å². The van der Waals surface area contributed by atoms with Crippen molar-refractivity contribution in [2.45, 2.75) is 45.7 Å². The first-order chi connectivity index (χ1) is 12.9. The Morgan fingerprint density at radius 3 is 2.37 bits per heavy atom. The lowest BCUT2D eigenvalue weighted by atomic mass is 10.0. The van der Waals surface area contributed by atoms with E-state index in [2.05, 4.69) is 28.1 Å². The van der Waals surface area contributed by atoms with Gasteiger partial charge in [-0.05, 0) is 56.7 Å². The summed E-state index contributed by atoms with van der Waals surface area (Å²) in [6, 6.07) is 15.1. The van der Waals surface area contributed by atoms with Gasteiger partial charge in [-0.1, -0.05) is 48.0 Å². The van der Waals surface area contributed by atoms with Crippen LogP contribution in [0.5, 0.6) is 0 Å². The molecule has 0 bridgehead atoms. The fraction of sp³-hybridized carbons (Fsp3) is 0.364. The number of amides is 3. The smallest absolute Gasteiger partial charge is 0.307 e. The molecule has 0 spiro atoms. The van der Waals surface area contributed by atoms with Crippen LogP contribution in [0.25, 0.3) is 0 Å². The summed E-state index contributed by atoms with van der Waals surface area (Å²) in [5.41, 5.74) is 3.96. The van der Waals surface area contributed by atoms with Crippen molar-refractivity contribution < 1.29 is 9.59 Å². The maximum Gasteiger partial charge on any atom is 0.325 e. The summed E-state index contributed by atoms with van der Waals surface area (Å²) >= 11 is 0. The van der Waals surface area contributed by atoms with Crippen LogP contribution in [0.15, 0.2) is 48.5 Å². The predicted molar refractivity (Wildman–Crippen MR) is 108 cm³/mol. The Labute approximate surface area is 160 Å². The molecule has 2 unspecified atom stereocenters. The number of urea groups is 1. The van der Waals surface area contributed by atoms with Crippen molar-refractivity contribution in [2.24, 2.45) is 5.92 Å². The molecule has 3 amide bonds. The van der Waals surface area contributed by atoms with E-state index >= 15 is 0 Å². The van der Waals surface area contributed by atoms with Gasteiger partial charge in [0.1, 0.15) is 0 Å². The summed E-state index contributed by atoms with van der Waals surface area (Å²) in [5.74, 6) is 0.213. The van der Waals surface area contributed by atoms with Crippen LogP contribution >= 0.6 is 0 Å². The van der Waals surface area contributed by atoms with Gasteiger partial charge in [-0.25, -0.2) is 4.79 Å². The summed E-state index contributed by atoms with van der Waals surface area (Å²) in [6.45, 7) is 5.71. The molecule has 2 aromatic rings. The fourth-order valence-electron chi connectivity index (χ4n) is 3.27. The van der Waals surface area contributed by atoms with Gasteiger partial charge in [-0.3, -0.25) is 15.4 Å². The van der Waals surface area contributed by atoms with Gasteiger partial charge in [0.15, 0.2) is 0 Å². The first-order valence-corrected chi connectivity index (χ1v) is 9.44. The van der Waals surface area contributed by atoms with Crippen molar-refractivity contribution in [2.75, 3.05) is 5.32 Å². The highest BCUT2D eigenvalue weighted by atomic mass is 16.2. The second-order valence-corrected chi connectivity index (χ2v) is 7.38. The highest BCUT2D eigenvalue weighted by molar-refractivity contribution is 6.03. The van der Waals surface area contributed by atoms with Gasteiger partial charge in [0.05, 0.1) is 6.04 Å². The monoisotopic (exact) mass is 365 g/mol. The third-order valence-electron chi connectivity index (χ3n) is 4.94. The van der Waals surface area contributed by atoms with Crippen molar-refractivity contribution in [1.82, 2.24) is 10.6 Å². The Bertz CT molecular complexity index is 816. The lowest BCUT2D eigenvalue weighted by Gasteiger charge is -2.23. The molecule has 3 N–H and O–H groups in total. The first-order valence-electron chi connectivity index (χ1n) is 9.44. The van der Waals surface area contributed by atoms with E-state index in [1.54, 1.807) is 6.92 Å². The quantitative estimate of drug-likeness (QED) is 0.722. The maximum atomic E-state index is 12.5. The highest BCUT2D eigenvalue weighted by Crippen LogP contribution is 2.41. The molecule has 3 rings (SSSR count).